The summed E-state index contributed by atoms with van der Waals surface area (Å²) in [5, 5.41) is 38.7. The lowest BCUT2D eigenvalue weighted by molar-refractivity contribution is -0.138. The monoisotopic (exact) mass is 427 g/mol. The van der Waals surface area contributed by atoms with Gasteiger partial charge in [-0.05, 0) is 36.4 Å². The van der Waals surface area contributed by atoms with Crippen LogP contribution in [0.5, 0.6) is 5.75 Å². The van der Waals surface area contributed by atoms with Gasteiger partial charge in [0.2, 0.25) is 0 Å². The maximum Gasteiger partial charge on any atom is 0.330 e. The summed E-state index contributed by atoms with van der Waals surface area (Å²) in [6.07, 6.45) is -1.16. The third-order valence-electron chi connectivity index (χ3n) is 3.73. The Morgan fingerprint density at radius 1 is 1.25 bits per heavy atom. The third kappa shape index (κ3) is 5.49. The number of aliphatic hydroxyl groups is 2. The van der Waals surface area contributed by atoms with Crippen molar-refractivity contribution in [2.24, 2.45) is 5.73 Å². The molecule has 0 heterocycles. The van der Waals surface area contributed by atoms with Gasteiger partial charge in [-0.1, -0.05) is 23.2 Å². The minimum atomic E-state index is -1.28. The molecule has 2 atom stereocenters. The molecule has 0 aliphatic carbocycles. The van der Waals surface area contributed by atoms with Crippen molar-refractivity contribution in [1.29, 1.82) is 5.41 Å². The molecular weight excluding hydrogens is 409 g/mol. The quantitative estimate of drug-likeness (QED) is 0.265. The van der Waals surface area contributed by atoms with E-state index in [-0.39, 0.29) is 33.8 Å². The molecule has 0 aliphatic rings. The summed E-state index contributed by atoms with van der Waals surface area (Å²) >= 11 is 12.2. The number of amidine groups is 1. The topological polar surface area (TPSA) is 149 Å². The van der Waals surface area contributed by atoms with Crippen molar-refractivity contribution in [3.05, 3.63) is 57.6 Å². The van der Waals surface area contributed by atoms with Crippen LogP contribution in [0.1, 0.15) is 17.2 Å². The van der Waals surface area contributed by atoms with Crippen molar-refractivity contribution in [3.8, 4) is 5.75 Å². The van der Waals surface area contributed by atoms with Gasteiger partial charge >= 0.3 is 5.97 Å². The Labute approximate surface area is 171 Å². The molecule has 7 N–H and O–H groups in total. The number of hydrogen-bond donors (Lipinski definition) is 6. The molecule has 0 amide bonds. The number of ether oxygens (including phenoxy) is 1. The SMILES string of the molecule is N=C(N)c1ccc(NC(C(=O)O)c2cc(Cl)cc(Cl)c2OCC(O)CO)cc1. The zero-order valence-electron chi connectivity index (χ0n) is 14.5. The van der Waals surface area contributed by atoms with Gasteiger partial charge in [-0.3, -0.25) is 5.41 Å². The lowest BCUT2D eigenvalue weighted by Crippen LogP contribution is -2.24. The van der Waals surface area contributed by atoms with Crippen LogP contribution < -0.4 is 15.8 Å². The summed E-state index contributed by atoms with van der Waals surface area (Å²) in [7, 11) is 0. The van der Waals surface area contributed by atoms with E-state index < -0.39 is 24.7 Å². The zero-order valence-corrected chi connectivity index (χ0v) is 16.0. The molecule has 0 aliphatic heterocycles. The Morgan fingerprint density at radius 2 is 1.89 bits per heavy atom. The van der Waals surface area contributed by atoms with Gasteiger partial charge < -0.3 is 31.1 Å². The second-order valence-corrected chi connectivity index (χ2v) is 6.70. The van der Waals surface area contributed by atoms with Gasteiger partial charge in [-0.25, -0.2) is 4.79 Å². The van der Waals surface area contributed by atoms with Gasteiger partial charge in [0.05, 0.1) is 11.6 Å². The summed E-state index contributed by atoms with van der Waals surface area (Å²) in [5.41, 5.74) is 6.50. The number of anilines is 1. The summed E-state index contributed by atoms with van der Waals surface area (Å²) in [6.45, 7) is -0.811. The predicted molar refractivity (Wildman–Crippen MR) is 107 cm³/mol. The van der Waals surface area contributed by atoms with E-state index in [4.69, 9.17) is 44.2 Å². The number of nitrogens with one attached hydrogen (secondary N) is 2. The van der Waals surface area contributed by atoms with Crippen LogP contribution in [0.3, 0.4) is 0 Å². The van der Waals surface area contributed by atoms with Crippen LogP contribution >= 0.6 is 23.2 Å². The minimum Gasteiger partial charge on any atom is -0.489 e. The van der Waals surface area contributed by atoms with E-state index in [1.165, 1.54) is 12.1 Å². The Hall–Kier alpha value is -2.52. The molecule has 0 radical (unpaired) electrons. The highest BCUT2D eigenvalue weighted by molar-refractivity contribution is 6.35. The largest absolute Gasteiger partial charge is 0.489 e. The smallest absolute Gasteiger partial charge is 0.330 e. The fourth-order valence-corrected chi connectivity index (χ4v) is 2.93. The number of carbonyl (C=O) groups is 1. The fraction of sp³-hybridized carbons (Fsp3) is 0.222. The summed E-state index contributed by atoms with van der Waals surface area (Å²) in [5.74, 6) is -1.30. The highest BCUT2D eigenvalue weighted by Gasteiger charge is 2.26. The first-order valence-electron chi connectivity index (χ1n) is 8.07. The molecule has 0 saturated carbocycles. The van der Waals surface area contributed by atoms with Crippen molar-refractivity contribution in [3.63, 3.8) is 0 Å². The molecule has 0 bridgehead atoms. The van der Waals surface area contributed by atoms with Gasteiger partial charge in [0.25, 0.3) is 0 Å². The molecule has 0 fully saturated rings. The number of nitrogens with two attached hydrogens (primary N) is 1. The van der Waals surface area contributed by atoms with Crippen LogP contribution in [0.4, 0.5) is 5.69 Å². The van der Waals surface area contributed by atoms with Crippen LogP contribution in [0.25, 0.3) is 0 Å². The molecule has 0 aromatic heterocycles. The number of carboxylic acid groups (broad SMARTS) is 1. The summed E-state index contributed by atoms with van der Waals surface area (Å²) in [4.78, 5) is 11.9. The van der Waals surface area contributed by atoms with E-state index in [1.54, 1.807) is 24.3 Å². The van der Waals surface area contributed by atoms with E-state index in [2.05, 4.69) is 5.32 Å². The number of hydrogen-bond acceptors (Lipinski definition) is 6. The molecule has 2 rings (SSSR count). The first-order valence-corrected chi connectivity index (χ1v) is 8.83. The Morgan fingerprint density at radius 3 is 2.43 bits per heavy atom. The molecule has 28 heavy (non-hydrogen) atoms. The number of rotatable bonds is 9. The van der Waals surface area contributed by atoms with Crippen LogP contribution in [0.15, 0.2) is 36.4 Å². The van der Waals surface area contributed by atoms with E-state index in [0.717, 1.165) is 0 Å². The zero-order chi connectivity index (χ0) is 20.8. The molecule has 0 saturated heterocycles. The summed E-state index contributed by atoms with van der Waals surface area (Å²) in [6, 6.07) is 7.80. The second kappa shape index (κ2) is 9.61. The van der Waals surface area contributed by atoms with Crippen molar-refractivity contribution in [2.75, 3.05) is 18.5 Å². The molecule has 2 aromatic rings. The number of aliphatic carboxylic acids is 1. The lowest BCUT2D eigenvalue weighted by atomic mass is 10.0. The van der Waals surface area contributed by atoms with E-state index in [9.17, 15) is 15.0 Å². The average Bonchev–Trinajstić information content (AvgIpc) is 2.64. The van der Waals surface area contributed by atoms with Gasteiger partial charge in [0.15, 0.2) is 6.04 Å². The van der Waals surface area contributed by atoms with Crippen LogP contribution in [0, 0.1) is 5.41 Å². The molecular formula is C18H19Cl2N3O5. The molecule has 10 heteroatoms. The fourth-order valence-electron chi connectivity index (χ4n) is 2.36. The number of benzene rings is 2. The first kappa shape index (κ1) is 21.8. The highest BCUT2D eigenvalue weighted by atomic mass is 35.5. The molecule has 8 nitrogen and oxygen atoms in total. The standard InChI is InChI=1S/C18H19Cl2N3O5/c19-10-5-13(16(14(20)6-10)28-8-12(25)7-24)15(18(26)27)23-11-3-1-9(2-4-11)17(21)22/h1-6,12,15,23-25H,7-8H2,(H3,21,22)(H,26,27). The summed E-state index contributed by atoms with van der Waals surface area (Å²) < 4.78 is 5.45. The van der Waals surface area contributed by atoms with Gasteiger partial charge in [-0.15, -0.1) is 0 Å². The second-order valence-electron chi connectivity index (χ2n) is 5.86. The lowest BCUT2D eigenvalue weighted by Gasteiger charge is -2.21. The van der Waals surface area contributed by atoms with E-state index in [1.807, 2.05) is 0 Å². The number of halogens is 2. The van der Waals surface area contributed by atoms with Gasteiger partial charge in [0, 0.05) is 21.8 Å². The third-order valence-corrected chi connectivity index (χ3v) is 4.23. The van der Waals surface area contributed by atoms with Gasteiger partial charge in [0.1, 0.15) is 24.3 Å². The normalized spacial score (nSPS) is 12.9. The van der Waals surface area contributed by atoms with E-state index >= 15 is 0 Å². The molecule has 2 unspecified atom stereocenters. The molecule has 150 valence electrons. The molecule has 0 spiro atoms. The van der Waals surface area contributed by atoms with Crippen LogP contribution in [0.2, 0.25) is 10.0 Å². The minimum absolute atomic E-state index is 0.0267. The number of aliphatic hydroxyl groups excluding tert-OH is 2. The number of carboxylic acids is 1. The van der Waals surface area contributed by atoms with Crippen molar-refractivity contribution in [1.82, 2.24) is 0 Å². The first-order chi connectivity index (χ1) is 13.2. The maximum absolute atomic E-state index is 11.9. The Balaban J connectivity index is 2.38. The van der Waals surface area contributed by atoms with Crippen LogP contribution in [-0.2, 0) is 4.79 Å². The van der Waals surface area contributed by atoms with Gasteiger partial charge in [-0.2, -0.15) is 0 Å². The maximum atomic E-state index is 11.9. The van der Waals surface area contributed by atoms with Crippen molar-refractivity contribution >= 4 is 40.7 Å². The Bertz CT molecular complexity index is 861. The van der Waals surface area contributed by atoms with Crippen LogP contribution in [-0.4, -0.2) is 46.4 Å². The molecule has 2 aromatic carbocycles. The van der Waals surface area contributed by atoms with Crippen molar-refractivity contribution in [2.45, 2.75) is 12.1 Å². The Kier molecular flexibility index (Phi) is 7.47. The highest BCUT2D eigenvalue weighted by Crippen LogP contribution is 2.37. The van der Waals surface area contributed by atoms with E-state index in [0.29, 0.717) is 11.3 Å². The predicted octanol–water partition coefficient (Wildman–Crippen LogP) is 2.25. The average molecular weight is 428 g/mol. The van der Waals surface area contributed by atoms with Crippen molar-refractivity contribution < 1.29 is 24.9 Å². The number of nitrogen functional groups attached to an aromatic ring is 1.